The number of rotatable bonds is 4. The molecule has 0 bridgehead atoms. The molecule has 0 spiro atoms. The predicted molar refractivity (Wildman–Crippen MR) is 72.1 cm³/mol. The van der Waals surface area contributed by atoms with Gasteiger partial charge in [-0.15, -0.1) is 0 Å². The van der Waals surface area contributed by atoms with Crippen molar-refractivity contribution < 1.29 is 4.79 Å². The summed E-state index contributed by atoms with van der Waals surface area (Å²) in [6.07, 6.45) is 0.389. The molecule has 1 amide bonds. The Morgan fingerprint density at radius 2 is 1.89 bits per heavy atom. The lowest BCUT2D eigenvalue weighted by molar-refractivity contribution is -0.115. The van der Waals surface area contributed by atoms with Crippen molar-refractivity contribution >= 4 is 11.6 Å². The second kappa shape index (κ2) is 6.18. The van der Waals surface area contributed by atoms with Gasteiger partial charge in [0.15, 0.2) is 0 Å². The van der Waals surface area contributed by atoms with Gasteiger partial charge in [0, 0.05) is 11.2 Å². The number of carbonyl (C=O) groups is 1. The van der Waals surface area contributed by atoms with Crippen LogP contribution in [0.25, 0.3) is 0 Å². The summed E-state index contributed by atoms with van der Waals surface area (Å²) >= 11 is 0. The van der Waals surface area contributed by atoms with E-state index in [4.69, 9.17) is 5.26 Å². The van der Waals surface area contributed by atoms with Gasteiger partial charge in [-0.2, -0.15) is 5.26 Å². The molecule has 1 aromatic rings. The third kappa shape index (κ3) is 5.46. The SMILES string of the molecule is CC(C)(C)NCC(=O)Nc1ccc(CC#N)cc1. The van der Waals surface area contributed by atoms with Gasteiger partial charge in [0.2, 0.25) is 5.91 Å². The molecule has 4 nitrogen and oxygen atoms in total. The van der Waals surface area contributed by atoms with Crippen LogP contribution in [0.5, 0.6) is 0 Å². The molecule has 1 aromatic carbocycles. The summed E-state index contributed by atoms with van der Waals surface area (Å²) in [5.74, 6) is -0.0713. The van der Waals surface area contributed by atoms with Crippen LogP contribution < -0.4 is 10.6 Å². The summed E-state index contributed by atoms with van der Waals surface area (Å²) in [6.45, 7) is 6.31. The van der Waals surface area contributed by atoms with Crippen molar-refractivity contribution in [3.63, 3.8) is 0 Å². The zero-order valence-electron chi connectivity index (χ0n) is 11.1. The van der Waals surface area contributed by atoms with E-state index in [9.17, 15) is 4.79 Å². The summed E-state index contributed by atoms with van der Waals surface area (Å²) in [5.41, 5.74) is 1.62. The smallest absolute Gasteiger partial charge is 0.238 e. The molecule has 0 fully saturated rings. The molecule has 0 aliphatic carbocycles. The maximum Gasteiger partial charge on any atom is 0.238 e. The quantitative estimate of drug-likeness (QED) is 0.853. The number of nitrogens with zero attached hydrogens (tertiary/aromatic N) is 1. The summed E-state index contributed by atoms with van der Waals surface area (Å²) in [7, 11) is 0. The van der Waals surface area contributed by atoms with Crippen LogP contribution in [-0.2, 0) is 11.2 Å². The molecule has 0 radical (unpaired) electrons. The van der Waals surface area contributed by atoms with Crippen LogP contribution in [0.15, 0.2) is 24.3 Å². The number of hydrogen-bond donors (Lipinski definition) is 2. The van der Waals surface area contributed by atoms with Gasteiger partial charge in [0.05, 0.1) is 19.0 Å². The number of nitriles is 1. The summed E-state index contributed by atoms with van der Waals surface area (Å²) < 4.78 is 0. The number of carbonyl (C=O) groups excluding carboxylic acids is 1. The molecule has 96 valence electrons. The third-order valence-corrected chi connectivity index (χ3v) is 2.30. The van der Waals surface area contributed by atoms with Crippen LogP contribution in [-0.4, -0.2) is 18.0 Å². The lowest BCUT2D eigenvalue weighted by atomic mass is 10.1. The van der Waals surface area contributed by atoms with E-state index in [1.54, 1.807) is 0 Å². The fourth-order valence-electron chi connectivity index (χ4n) is 1.35. The topological polar surface area (TPSA) is 64.9 Å². The van der Waals surface area contributed by atoms with Crippen molar-refractivity contribution in [1.82, 2.24) is 5.32 Å². The molecule has 1 rings (SSSR count). The largest absolute Gasteiger partial charge is 0.325 e. The van der Waals surface area contributed by atoms with E-state index < -0.39 is 0 Å². The Morgan fingerprint density at radius 1 is 1.28 bits per heavy atom. The van der Waals surface area contributed by atoms with Gasteiger partial charge in [-0.1, -0.05) is 12.1 Å². The second-order valence-electron chi connectivity index (χ2n) is 5.18. The first kappa shape index (κ1) is 14.2. The lowest BCUT2D eigenvalue weighted by Crippen LogP contribution is -2.41. The highest BCUT2D eigenvalue weighted by atomic mass is 16.1. The van der Waals surface area contributed by atoms with Crippen molar-refractivity contribution in [2.24, 2.45) is 0 Å². The molecule has 0 atom stereocenters. The third-order valence-electron chi connectivity index (χ3n) is 2.30. The maximum absolute atomic E-state index is 11.6. The highest BCUT2D eigenvalue weighted by molar-refractivity contribution is 5.92. The monoisotopic (exact) mass is 245 g/mol. The minimum atomic E-state index is -0.0754. The van der Waals surface area contributed by atoms with Gasteiger partial charge in [0.25, 0.3) is 0 Å². The predicted octanol–water partition coefficient (Wildman–Crippen LogP) is 2.08. The Morgan fingerprint density at radius 3 is 2.39 bits per heavy atom. The van der Waals surface area contributed by atoms with Gasteiger partial charge in [-0.3, -0.25) is 4.79 Å². The Labute approximate surface area is 108 Å². The molecule has 4 heteroatoms. The van der Waals surface area contributed by atoms with E-state index in [0.29, 0.717) is 6.42 Å². The minimum Gasteiger partial charge on any atom is -0.325 e. The van der Waals surface area contributed by atoms with E-state index >= 15 is 0 Å². The molecular weight excluding hydrogens is 226 g/mol. The van der Waals surface area contributed by atoms with Gasteiger partial charge in [0.1, 0.15) is 0 Å². The molecule has 0 heterocycles. The molecule has 0 unspecified atom stereocenters. The van der Waals surface area contributed by atoms with Gasteiger partial charge < -0.3 is 10.6 Å². The summed E-state index contributed by atoms with van der Waals surface area (Å²) in [4.78, 5) is 11.6. The standard InChI is InChI=1S/C14H19N3O/c1-14(2,3)16-10-13(18)17-12-6-4-11(5-7-12)8-9-15/h4-7,16H,8,10H2,1-3H3,(H,17,18). The number of hydrogen-bond acceptors (Lipinski definition) is 3. The summed E-state index contributed by atoms with van der Waals surface area (Å²) in [5, 5.41) is 14.5. The Kier molecular flexibility index (Phi) is 4.87. The van der Waals surface area contributed by atoms with Crippen molar-refractivity contribution in [3.05, 3.63) is 29.8 Å². The van der Waals surface area contributed by atoms with Crippen LogP contribution in [0.3, 0.4) is 0 Å². The first-order chi connectivity index (χ1) is 8.40. The number of amides is 1. The van der Waals surface area contributed by atoms with E-state index in [1.807, 2.05) is 45.0 Å². The average Bonchev–Trinajstić information content (AvgIpc) is 2.29. The molecule has 18 heavy (non-hydrogen) atoms. The summed E-state index contributed by atoms with van der Waals surface area (Å²) in [6, 6.07) is 9.38. The van der Waals surface area contributed by atoms with Gasteiger partial charge >= 0.3 is 0 Å². The normalized spacial score (nSPS) is 10.8. The molecule has 0 aliphatic heterocycles. The average molecular weight is 245 g/mol. The van der Waals surface area contributed by atoms with E-state index in [2.05, 4.69) is 16.7 Å². The van der Waals surface area contributed by atoms with Crippen LogP contribution in [0.1, 0.15) is 26.3 Å². The zero-order valence-corrected chi connectivity index (χ0v) is 11.1. The van der Waals surface area contributed by atoms with Crippen LogP contribution in [0.2, 0.25) is 0 Å². The van der Waals surface area contributed by atoms with Crippen LogP contribution in [0.4, 0.5) is 5.69 Å². The first-order valence-corrected chi connectivity index (χ1v) is 5.91. The van der Waals surface area contributed by atoms with E-state index in [-0.39, 0.29) is 18.0 Å². The van der Waals surface area contributed by atoms with Crippen molar-refractivity contribution in [1.29, 1.82) is 5.26 Å². The van der Waals surface area contributed by atoms with Crippen molar-refractivity contribution in [3.8, 4) is 6.07 Å². The highest BCUT2D eigenvalue weighted by Gasteiger charge is 2.11. The fourth-order valence-corrected chi connectivity index (χ4v) is 1.35. The van der Waals surface area contributed by atoms with E-state index in [0.717, 1.165) is 11.3 Å². The van der Waals surface area contributed by atoms with Crippen LogP contribution in [0, 0.1) is 11.3 Å². The second-order valence-corrected chi connectivity index (χ2v) is 5.18. The van der Waals surface area contributed by atoms with E-state index in [1.165, 1.54) is 0 Å². The van der Waals surface area contributed by atoms with Crippen molar-refractivity contribution in [2.45, 2.75) is 32.7 Å². The van der Waals surface area contributed by atoms with Crippen LogP contribution >= 0.6 is 0 Å². The molecule has 0 aliphatic rings. The highest BCUT2D eigenvalue weighted by Crippen LogP contribution is 2.09. The number of nitrogens with one attached hydrogen (secondary N) is 2. The minimum absolute atomic E-state index is 0.0713. The molecule has 2 N–H and O–H groups in total. The number of anilines is 1. The fraction of sp³-hybridized carbons (Fsp3) is 0.429. The molecule has 0 aromatic heterocycles. The van der Waals surface area contributed by atoms with Crippen molar-refractivity contribution in [2.75, 3.05) is 11.9 Å². The molecule has 0 saturated carbocycles. The molecular formula is C14H19N3O. The first-order valence-electron chi connectivity index (χ1n) is 5.91. The van der Waals surface area contributed by atoms with Gasteiger partial charge in [-0.25, -0.2) is 0 Å². The van der Waals surface area contributed by atoms with Gasteiger partial charge in [-0.05, 0) is 38.5 Å². The number of benzene rings is 1. The lowest BCUT2D eigenvalue weighted by Gasteiger charge is -2.20. The molecule has 0 saturated heterocycles. The Hall–Kier alpha value is -1.86. The maximum atomic E-state index is 11.6. The Bertz CT molecular complexity index is 438. The Balaban J connectivity index is 2.47. The zero-order chi connectivity index (χ0) is 13.6.